The van der Waals surface area contributed by atoms with Crippen molar-refractivity contribution in [2.75, 3.05) is 5.43 Å². The molecule has 0 aliphatic rings. The minimum absolute atomic E-state index is 0. The highest BCUT2D eigenvalue weighted by molar-refractivity contribution is 7.89. The fraction of sp³-hybridized carbons (Fsp3) is 0. The maximum absolute atomic E-state index is 10.8. The second-order valence-corrected chi connectivity index (χ2v) is 3.78. The maximum atomic E-state index is 10.8. The van der Waals surface area contributed by atoms with Crippen LogP contribution >= 0.6 is 0 Å². The summed E-state index contributed by atoms with van der Waals surface area (Å²) < 4.78 is 21.5. The van der Waals surface area contributed by atoms with E-state index >= 15 is 0 Å². The molecule has 0 unspecified atom stereocenters. The molecule has 0 heterocycles. The number of nitrogens with two attached hydrogens (primary N) is 2. The summed E-state index contributed by atoms with van der Waals surface area (Å²) >= 11 is 0. The molecule has 12 heavy (non-hydrogen) atoms. The first-order valence-electron chi connectivity index (χ1n) is 3.13. The zero-order valence-electron chi connectivity index (χ0n) is 6.19. The van der Waals surface area contributed by atoms with Crippen LogP contribution < -0.4 is 16.4 Å². The van der Waals surface area contributed by atoms with E-state index in [4.69, 9.17) is 11.0 Å². The van der Waals surface area contributed by atoms with Crippen molar-refractivity contribution in [2.24, 2.45) is 11.0 Å². The van der Waals surface area contributed by atoms with Gasteiger partial charge in [0.25, 0.3) is 0 Å². The summed E-state index contributed by atoms with van der Waals surface area (Å²) in [5, 5.41) is 4.87. The number of hydrazine groups is 1. The molecule has 6 heteroatoms. The minimum Gasteiger partial charge on any atom is -0.324 e. The molecule has 68 valence electrons. The lowest BCUT2D eigenvalue weighted by Crippen LogP contribution is -2.12. The molecule has 0 saturated carbocycles. The number of hydrogen-bond donors (Lipinski definition) is 3. The van der Waals surface area contributed by atoms with Crippen LogP contribution in [0.2, 0.25) is 0 Å². The average Bonchev–Trinajstić information content (AvgIpc) is 2.03. The Labute approximate surface area is 71.9 Å². The number of anilines is 1. The highest BCUT2D eigenvalue weighted by Gasteiger charge is 2.05. The zero-order chi connectivity index (χ0) is 9.19. The molecule has 0 aliphatic heterocycles. The van der Waals surface area contributed by atoms with Crippen molar-refractivity contribution in [1.82, 2.24) is 0 Å². The van der Waals surface area contributed by atoms with Crippen LogP contribution in [0.3, 0.4) is 0 Å². The third kappa shape index (κ3) is 1.94. The quantitative estimate of drug-likeness (QED) is 0.445. The molecule has 5 nitrogen and oxygen atoms in total. The Morgan fingerprint density at radius 3 is 2.08 bits per heavy atom. The number of benzene rings is 1. The van der Waals surface area contributed by atoms with E-state index in [9.17, 15) is 8.42 Å². The number of nitrogen functional groups attached to an aromatic ring is 1. The van der Waals surface area contributed by atoms with Crippen molar-refractivity contribution < 1.29 is 9.84 Å². The third-order valence-electron chi connectivity index (χ3n) is 1.35. The molecule has 0 aromatic heterocycles. The van der Waals surface area contributed by atoms with Gasteiger partial charge >= 0.3 is 0 Å². The summed E-state index contributed by atoms with van der Waals surface area (Å²) in [6, 6.07) is 5.81. The van der Waals surface area contributed by atoms with Gasteiger partial charge in [0.1, 0.15) is 0 Å². The molecule has 0 radical (unpaired) electrons. The van der Waals surface area contributed by atoms with Crippen LogP contribution in [-0.4, -0.2) is 8.42 Å². The topological polar surface area (TPSA) is 98.2 Å². The van der Waals surface area contributed by atoms with Crippen molar-refractivity contribution in [3.05, 3.63) is 24.3 Å². The van der Waals surface area contributed by atoms with Crippen LogP contribution in [0, 0.1) is 0 Å². The summed E-state index contributed by atoms with van der Waals surface area (Å²) in [5.41, 5.74) is 3.00. The molecule has 0 amide bonds. The molecule has 0 bridgehead atoms. The molecular weight excluding hydrogens is 178 g/mol. The smallest absolute Gasteiger partial charge is 0.238 e. The Morgan fingerprint density at radius 1 is 1.25 bits per heavy atom. The SMILES string of the molecule is NNc1ccc(S(N)(=O)=O)cc1.[HH]. The largest absolute Gasteiger partial charge is 0.324 e. The lowest BCUT2D eigenvalue weighted by molar-refractivity contribution is 0.598. The molecule has 1 aromatic carbocycles. The van der Waals surface area contributed by atoms with Gasteiger partial charge in [-0.25, -0.2) is 13.6 Å². The Hall–Kier alpha value is -1.11. The number of rotatable bonds is 2. The summed E-state index contributed by atoms with van der Waals surface area (Å²) in [5.74, 6) is 5.08. The zero-order valence-corrected chi connectivity index (χ0v) is 7.01. The second-order valence-electron chi connectivity index (χ2n) is 2.21. The first kappa shape index (κ1) is 8.98. The third-order valence-corrected chi connectivity index (χ3v) is 2.28. The van der Waals surface area contributed by atoms with Crippen LogP contribution in [0.1, 0.15) is 1.43 Å². The fourth-order valence-corrected chi connectivity index (χ4v) is 1.26. The van der Waals surface area contributed by atoms with Gasteiger partial charge in [-0.1, -0.05) is 0 Å². The standard InChI is InChI=1S/C6H9N3O2S.H2/c7-9-5-1-3-6(4-2-5)12(8,10)11;/h1-4,9H,7H2,(H2,8,10,11);1H. The predicted molar refractivity (Wildman–Crippen MR) is 47.7 cm³/mol. The van der Waals surface area contributed by atoms with Gasteiger partial charge in [0, 0.05) is 7.11 Å². The van der Waals surface area contributed by atoms with Crippen molar-refractivity contribution in [1.29, 1.82) is 0 Å². The normalized spacial score (nSPS) is 11.2. The Bertz CT molecular complexity index is 362. The highest BCUT2D eigenvalue weighted by Crippen LogP contribution is 2.10. The van der Waals surface area contributed by atoms with Crippen LogP contribution in [0.25, 0.3) is 0 Å². The summed E-state index contributed by atoms with van der Waals surface area (Å²) in [4.78, 5) is 0.0708. The van der Waals surface area contributed by atoms with E-state index in [0.29, 0.717) is 5.69 Å². The van der Waals surface area contributed by atoms with E-state index in [0.717, 1.165) is 0 Å². The van der Waals surface area contributed by atoms with Crippen LogP contribution in [0.4, 0.5) is 5.69 Å². The Morgan fingerprint density at radius 2 is 1.75 bits per heavy atom. The molecule has 5 N–H and O–H groups in total. The predicted octanol–water partition coefficient (Wildman–Crippen LogP) is -0.134. The molecule has 0 saturated heterocycles. The number of primary sulfonamides is 1. The van der Waals surface area contributed by atoms with E-state index in [-0.39, 0.29) is 6.32 Å². The van der Waals surface area contributed by atoms with Gasteiger partial charge in [-0.05, 0) is 24.3 Å². The summed E-state index contributed by atoms with van der Waals surface area (Å²) in [6.07, 6.45) is 0. The van der Waals surface area contributed by atoms with Crippen molar-refractivity contribution in [3.63, 3.8) is 0 Å². The monoisotopic (exact) mass is 189 g/mol. The fourth-order valence-electron chi connectivity index (χ4n) is 0.741. The number of hydrogen-bond acceptors (Lipinski definition) is 4. The highest BCUT2D eigenvalue weighted by atomic mass is 32.2. The van der Waals surface area contributed by atoms with Crippen LogP contribution in [0.5, 0.6) is 0 Å². The Kier molecular flexibility index (Phi) is 2.32. The minimum atomic E-state index is -3.60. The van der Waals surface area contributed by atoms with E-state index < -0.39 is 10.0 Å². The molecule has 1 aromatic rings. The van der Waals surface area contributed by atoms with Crippen molar-refractivity contribution in [2.45, 2.75) is 4.90 Å². The molecule has 0 spiro atoms. The first-order valence-corrected chi connectivity index (χ1v) is 4.68. The van der Waals surface area contributed by atoms with E-state index in [1.165, 1.54) is 24.3 Å². The van der Waals surface area contributed by atoms with Crippen LogP contribution in [0.15, 0.2) is 29.2 Å². The van der Waals surface area contributed by atoms with Gasteiger partial charge in [-0.2, -0.15) is 0 Å². The first-order chi connectivity index (χ1) is 5.54. The van der Waals surface area contributed by atoms with E-state index in [2.05, 4.69) is 5.43 Å². The van der Waals surface area contributed by atoms with Gasteiger partial charge in [0.15, 0.2) is 0 Å². The lowest BCUT2D eigenvalue weighted by Gasteiger charge is -2.00. The average molecular weight is 189 g/mol. The summed E-state index contributed by atoms with van der Waals surface area (Å²) in [6.45, 7) is 0. The van der Waals surface area contributed by atoms with E-state index in [1.54, 1.807) is 0 Å². The molecule has 0 fully saturated rings. The second kappa shape index (κ2) is 3.10. The van der Waals surface area contributed by atoms with Gasteiger partial charge in [0.05, 0.1) is 4.90 Å². The van der Waals surface area contributed by atoms with Gasteiger partial charge < -0.3 is 5.43 Å². The van der Waals surface area contributed by atoms with Gasteiger partial charge in [-0.15, -0.1) is 0 Å². The summed E-state index contributed by atoms with van der Waals surface area (Å²) in [7, 11) is -3.60. The Balaban J connectivity index is 0.00000144. The number of sulfonamides is 1. The van der Waals surface area contributed by atoms with Crippen molar-refractivity contribution in [3.8, 4) is 0 Å². The maximum Gasteiger partial charge on any atom is 0.238 e. The van der Waals surface area contributed by atoms with Gasteiger partial charge in [0.2, 0.25) is 10.0 Å². The molecule has 0 atom stereocenters. The van der Waals surface area contributed by atoms with Crippen molar-refractivity contribution >= 4 is 15.7 Å². The molecule has 0 aliphatic carbocycles. The molecular formula is C6H11N3O2S. The van der Waals surface area contributed by atoms with E-state index in [1.807, 2.05) is 0 Å². The van der Waals surface area contributed by atoms with Crippen LogP contribution in [-0.2, 0) is 10.0 Å². The lowest BCUT2D eigenvalue weighted by atomic mass is 10.3. The number of nitrogens with one attached hydrogen (secondary N) is 1. The van der Waals surface area contributed by atoms with Gasteiger partial charge in [-0.3, -0.25) is 5.84 Å². The molecule has 1 rings (SSSR count).